The minimum Gasteiger partial charge on any atom is -0.250 e. The van der Waals surface area contributed by atoms with E-state index in [9.17, 15) is 0 Å². The smallest absolute Gasteiger partial charge is 0.0897 e. The van der Waals surface area contributed by atoms with E-state index in [1.54, 1.807) is 11.3 Å². The summed E-state index contributed by atoms with van der Waals surface area (Å²) < 4.78 is 1.81. The Morgan fingerprint density at radius 3 is 3.07 bits per heavy atom. The van der Waals surface area contributed by atoms with Gasteiger partial charge in [0.2, 0.25) is 0 Å². The van der Waals surface area contributed by atoms with Gasteiger partial charge in [-0.2, -0.15) is 0 Å². The summed E-state index contributed by atoms with van der Waals surface area (Å²) in [5.41, 5.74) is 0.936. The Hall–Kier alpha value is -0.940. The SMILES string of the molecule is Cc1ncc(Cn2cc(CCCl)nn2)s1. The number of aryl methyl sites for hydroxylation is 2. The minimum atomic E-state index is 0.582. The second-order valence-electron chi connectivity index (χ2n) is 3.19. The maximum atomic E-state index is 5.62. The molecule has 0 unspecified atom stereocenters. The third kappa shape index (κ3) is 2.76. The molecule has 0 aromatic carbocycles. The molecule has 0 spiro atoms. The van der Waals surface area contributed by atoms with E-state index in [2.05, 4.69) is 15.3 Å². The van der Waals surface area contributed by atoms with Gasteiger partial charge in [0.25, 0.3) is 0 Å². The summed E-state index contributed by atoms with van der Waals surface area (Å²) in [7, 11) is 0. The molecular weight excluding hydrogens is 232 g/mol. The topological polar surface area (TPSA) is 43.6 Å². The largest absolute Gasteiger partial charge is 0.250 e. The van der Waals surface area contributed by atoms with Crippen molar-refractivity contribution in [2.75, 3.05) is 5.88 Å². The van der Waals surface area contributed by atoms with Crippen LogP contribution in [0.15, 0.2) is 12.4 Å². The Balaban J connectivity index is 2.04. The monoisotopic (exact) mass is 242 g/mol. The van der Waals surface area contributed by atoms with Crippen molar-refractivity contribution < 1.29 is 0 Å². The van der Waals surface area contributed by atoms with E-state index in [4.69, 9.17) is 11.6 Å². The lowest BCUT2D eigenvalue weighted by atomic mass is 10.4. The molecule has 0 bridgehead atoms. The van der Waals surface area contributed by atoms with E-state index in [1.807, 2.05) is 24.0 Å². The molecule has 6 heteroatoms. The van der Waals surface area contributed by atoms with Crippen LogP contribution in [0, 0.1) is 6.92 Å². The van der Waals surface area contributed by atoms with E-state index < -0.39 is 0 Å². The van der Waals surface area contributed by atoms with Crippen molar-refractivity contribution in [3.05, 3.63) is 28.0 Å². The molecule has 0 aliphatic carbocycles. The molecular formula is C9H11ClN4S. The summed E-state index contributed by atoms with van der Waals surface area (Å²) in [6.45, 7) is 2.73. The molecule has 0 radical (unpaired) electrons. The van der Waals surface area contributed by atoms with Crippen LogP contribution < -0.4 is 0 Å². The van der Waals surface area contributed by atoms with Crippen LogP contribution in [0.4, 0.5) is 0 Å². The van der Waals surface area contributed by atoms with Crippen molar-refractivity contribution in [3.8, 4) is 0 Å². The number of nitrogens with zero attached hydrogens (tertiary/aromatic N) is 4. The lowest BCUT2D eigenvalue weighted by molar-refractivity contribution is 0.655. The zero-order chi connectivity index (χ0) is 10.7. The number of hydrogen-bond donors (Lipinski definition) is 0. The predicted octanol–water partition coefficient (Wildman–Crippen LogP) is 1.87. The van der Waals surface area contributed by atoms with Gasteiger partial charge in [0, 0.05) is 29.6 Å². The van der Waals surface area contributed by atoms with Crippen LogP contribution in [0.25, 0.3) is 0 Å². The van der Waals surface area contributed by atoms with Crippen molar-refractivity contribution >= 4 is 22.9 Å². The number of hydrogen-bond acceptors (Lipinski definition) is 4. The van der Waals surface area contributed by atoms with Crippen LogP contribution in [0.5, 0.6) is 0 Å². The summed E-state index contributed by atoms with van der Waals surface area (Å²) in [4.78, 5) is 5.38. The molecule has 0 aliphatic heterocycles. The third-order valence-electron chi connectivity index (χ3n) is 1.92. The molecule has 2 aromatic heterocycles. The molecule has 15 heavy (non-hydrogen) atoms. The Labute approximate surface area is 96.9 Å². The molecule has 0 aliphatic rings. The first kappa shape index (κ1) is 10.6. The first-order valence-corrected chi connectivity index (χ1v) is 5.99. The molecule has 80 valence electrons. The fraction of sp³-hybridized carbons (Fsp3) is 0.444. The fourth-order valence-corrected chi connectivity index (χ4v) is 2.25. The lowest BCUT2D eigenvalue weighted by Crippen LogP contribution is -1.98. The Morgan fingerprint density at radius 1 is 1.53 bits per heavy atom. The van der Waals surface area contributed by atoms with Crippen LogP contribution in [0.1, 0.15) is 15.6 Å². The fourth-order valence-electron chi connectivity index (χ4n) is 1.27. The Morgan fingerprint density at radius 2 is 2.40 bits per heavy atom. The third-order valence-corrected chi connectivity index (χ3v) is 3.01. The summed E-state index contributed by atoms with van der Waals surface area (Å²) in [6.07, 6.45) is 4.57. The highest BCUT2D eigenvalue weighted by molar-refractivity contribution is 7.11. The number of thiazole rings is 1. The van der Waals surface area contributed by atoms with E-state index in [0.29, 0.717) is 5.88 Å². The molecule has 2 rings (SSSR count). The average Bonchev–Trinajstić information content (AvgIpc) is 2.78. The maximum Gasteiger partial charge on any atom is 0.0897 e. The highest BCUT2D eigenvalue weighted by atomic mass is 35.5. The van der Waals surface area contributed by atoms with Crippen LogP contribution in [-0.4, -0.2) is 25.9 Å². The van der Waals surface area contributed by atoms with Crippen LogP contribution >= 0.6 is 22.9 Å². The van der Waals surface area contributed by atoms with Crippen LogP contribution in [0.2, 0.25) is 0 Å². The summed E-state index contributed by atoms with van der Waals surface area (Å²) >= 11 is 7.30. The first-order valence-electron chi connectivity index (χ1n) is 4.64. The van der Waals surface area contributed by atoms with Crippen molar-refractivity contribution in [1.29, 1.82) is 0 Å². The molecule has 0 saturated carbocycles. The molecule has 0 N–H and O–H groups in total. The first-order chi connectivity index (χ1) is 7.28. The number of aromatic nitrogens is 4. The standard InChI is InChI=1S/C9H11ClN4S/c1-7-11-4-9(15-7)6-14-5-8(2-3-10)12-13-14/h4-5H,2-3,6H2,1H3. The molecule has 0 atom stereocenters. The van der Waals surface area contributed by atoms with Gasteiger partial charge in [-0.1, -0.05) is 5.21 Å². The quantitative estimate of drug-likeness (QED) is 0.769. The van der Waals surface area contributed by atoms with Crippen molar-refractivity contribution in [1.82, 2.24) is 20.0 Å². The zero-order valence-corrected chi connectivity index (χ0v) is 9.92. The molecule has 0 fully saturated rings. The predicted molar refractivity (Wildman–Crippen MR) is 60.4 cm³/mol. The Bertz CT molecular complexity index is 437. The van der Waals surface area contributed by atoms with E-state index in [1.165, 1.54) is 4.88 Å². The minimum absolute atomic E-state index is 0.582. The van der Waals surface area contributed by atoms with E-state index in [0.717, 1.165) is 23.7 Å². The number of rotatable bonds is 4. The normalized spacial score (nSPS) is 10.8. The zero-order valence-electron chi connectivity index (χ0n) is 8.35. The summed E-state index contributed by atoms with van der Waals surface area (Å²) in [6, 6.07) is 0. The van der Waals surface area contributed by atoms with Crippen molar-refractivity contribution in [2.45, 2.75) is 19.9 Å². The van der Waals surface area contributed by atoms with Crippen LogP contribution in [-0.2, 0) is 13.0 Å². The maximum absolute atomic E-state index is 5.62. The summed E-state index contributed by atoms with van der Waals surface area (Å²) in [5, 5.41) is 9.12. The van der Waals surface area contributed by atoms with Gasteiger partial charge in [0.1, 0.15) is 0 Å². The second kappa shape index (κ2) is 4.72. The average molecular weight is 243 g/mol. The highest BCUT2D eigenvalue weighted by Crippen LogP contribution is 2.12. The van der Waals surface area contributed by atoms with Gasteiger partial charge in [-0.05, 0) is 6.92 Å². The van der Waals surface area contributed by atoms with Crippen molar-refractivity contribution in [2.24, 2.45) is 0 Å². The molecule has 2 heterocycles. The van der Waals surface area contributed by atoms with E-state index >= 15 is 0 Å². The summed E-state index contributed by atoms with van der Waals surface area (Å²) in [5.74, 6) is 0.582. The van der Waals surface area contributed by atoms with Gasteiger partial charge in [-0.3, -0.25) is 0 Å². The van der Waals surface area contributed by atoms with Gasteiger partial charge in [0.05, 0.1) is 17.2 Å². The lowest BCUT2D eigenvalue weighted by Gasteiger charge is -1.94. The van der Waals surface area contributed by atoms with Gasteiger partial charge in [-0.25, -0.2) is 9.67 Å². The Kier molecular flexibility index (Phi) is 3.33. The highest BCUT2D eigenvalue weighted by Gasteiger charge is 2.03. The molecule has 2 aromatic rings. The van der Waals surface area contributed by atoms with Crippen LogP contribution in [0.3, 0.4) is 0 Å². The molecule has 0 amide bonds. The van der Waals surface area contributed by atoms with Crippen molar-refractivity contribution in [3.63, 3.8) is 0 Å². The van der Waals surface area contributed by atoms with Gasteiger partial charge in [-0.15, -0.1) is 28.0 Å². The van der Waals surface area contributed by atoms with Gasteiger partial charge in [0.15, 0.2) is 0 Å². The number of halogens is 1. The molecule has 4 nitrogen and oxygen atoms in total. The van der Waals surface area contributed by atoms with Gasteiger partial charge >= 0.3 is 0 Å². The molecule has 0 saturated heterocycles. The van der Waals surface area contributed by atoms with E-state index in [-0.39, 0.29) is 0 Å². The second-order valence-corrected chi connectivity index (χ2v) is 4.89. The van der Waals surface area contributed by atoms with Gasteiger partial charge < -0.3 is 0 Å². The number of alkyl halides is 1.